The van der Waals surface area contributed by atoms with Gasteiger partial charge in [0.1, 0.15) is 23.2 Å². The lowest BCUT2D eigenvalue weighted by Gasteiger charge is -2.35. The molecule has 10 nitrogen and oxygen atoms in total. The van der Waals surface area contributed by atoms with Crippen LogP contribution in [0.2, 0.25) is 5.02 Å². The second-order valence-electron chi connectivity index (χ2n) is 10.4. The van der Waals surface area contributed by atoms with Crippen LogP contribution in [0.25, 0.3) is 0 Å². The lowest BCUT2D eigenvalue weighted by atomic mass is 10.1. The van der Waals surface area contributed by atoms with Gasteiger partial charge >= 0.3 is 12.4 Å². The Hall–Kier alpha value is -4.08. The number of rotatable bonds is 7. The summed E-state index contributed by atoms with van der Waals surface area (Å²) in [5, 5.41) is 6.21. The van der Waals surface area contributed by atoms with E-state index in [1.54, 1.807) is 39.0 Å². The van der Waals surface area contributed by atoms with E-state index in [0.717, 1.165) is 0 Å². The van der Waals surface area contributed by atoms with Crippen molar-refractivity contribution in [3.63, 3.8) is 0 Å². The molecule has 4 heterocycles. The highest BCUT2D eigenvalue weighted by Crippen LogP contribution is 2.33. The molecule has 0 saturated carbocycles. The Morgan fingerprint density at radius 1 is 1.02 bits per heavy atom. The van der Waals surface area contributed by atoms with Gasteiger partial charge in [0.2, 0.25) is 11.9 Å². The van der Waals surface area contributed by atoms with Crippen molar-refractivity contribution in [2.24, 2.45) is 0 Å². The van der Waals surface area contributed by atoms with Gasteiger partial charge in [0.15, 0.2) is 0 Å². The van der Waals surface area contributed by atoms with E-state index in [0.29, 0.717) is 48.7 Å². The van der Waals surface area contributed by atoms with Gasteiger partial charge in [-0.3, -0.25) is 9.59 Å². The number of carbonyl (C=O) groups is 1. The third kappa shape index (κ3) is 7.34. The molecule has 236 valence electrons. The first kappa shape index (κ1) is 31.3. The van der Waals surface area contributed by atoms with Gasteiger partial charge in [0, 0.05) is 68.5 Å². The molecular weight excluding hydrogens is 620 g/mol. The number of piperazine rings is 1. The number of hydrogen-bond donors (Lipinski definition) is 1. The standard InChI is InChI=1S/C27H26ClF6N7O3/c28-17-2-1-3-19(10-17)44-20-11-18(41(15-20)22-12-21(27(32,33)34)24(43)38-37-22)4-5-23(42)39-6-8-40(9-7-39)25-35-13-16(14-36-25)26(29,30)31/h1-3,10,12-14,18,20H,4-9,11,15H2,(H,38,43)/t18-,20-/m1/s1. The van der Waals surface area contributed by atoms with Crippen LogP contribution in [0.4, 0.5) is 38.1 Å². The quantitative estimate of drug-likeness (QED) is 0.377. The number of amides is 1. The third-order valence-corrected chi connectivity index (χ3v) is 7.67. The summed E-state index contributed by atoms with van der Waals surface area (Å²) in [7, 11) is 0. The van der Waals surface area contributed by atoms with Crippen LogP contribution in [0.15, 0.2) is 47.5 Å². The highest BCUT2D eigenvalue weighted by atomic mass is 35.5. The predicted molar refractivity (Wildman–Crippen MR) is 147 cm³/mol. The Morgan fingerprint density at radius 2 is 1.73 bits per heavy atom. The number of alkyl halides is 6. The number of hydrogen-bond acceptors (Lipinski definition) is 8. The minimum absolute atomic E-state index is 0.0668. The first-order valence-corrected chi connectivity index (χ1v) is 13.9. The van der Waals surface area contributed by atoms with Gasteiger partial charge in [-0.1, -0.05) is 17.7 Å². The Balaban J connectivity index is 1.24. The molecule has 2 aliphatic rings. The van der Waals surface area contributed by atoms with Crippen LogP contribution >= 0.6 is 11.6 Å². The number of benzene rings is 1. The van der Waals surface area contributed by atoms with Gasteiger partial charge < -0.3 is 19.4 Å². The number of nitrogens with zero attached hydrogens (tertiary/aromatic N) is 6. The van der Waals surface area contributed by atoms with E-state index in [-0.39, 0.29) is 50.1 Å². The van der Waals surface area contributed by atoms with Crippen molar-refractivity contribution in [2.45, 2.75) is 43.8 Å². The average molecular weight is 646 g/mol. The van der Waals surface area contributed by atoms with E-state index >= 15 is 0 Å². The Labute approximate surface area is 251 Å². The summed E-state index contributed by atoms with van der Waals surface area (Å²) in [6.45, 7) is 1.34. The van der Waals surface area contributed by atoms with Crippen molar-refractivity contribution in [1.82, 2.24) is 25.1 Å². The minimum Gasteiger partial charge on any atom is -0.488 e. The van der Waals surface area contributed by atoms with Crippen LogP contribution in [0, 0.1) is 0 Å². The third-order valence-electron chi connectivity index (χ3n) is 7.44. The first-order valence-electron chi connectivity index (χ1n) is 13.6. The summed E-state index contributed by atoms with van der Waals surface area (Å²) in [4.78, 5) is 37.4. The van der Waals surface area contributed by atoms with Crippen LogP contribution < -0.4 is 20.1 Å². The van der Waals surface area contributed by atoms with Gasteiger partial charge in [0.05, 0.1) is 12.1 Å². The molecule has 2 fully saturated rings. The summed E-state index contributed by atoms with van der Waals surface area (Å²) >= 11 is 6.05. The molecule has 1 aromatic carbocycles. The first-order chi connectivity index (χ1) is 20.8. The van der Waals surface area contributed by atoms with E-state index in [2.05, 4.69) is 15.1 Å². The fourth-order valence-electron chi connectivity index (χ4n) is 5.23. The number of aromatic amines is 1. The number of nitrogens with one attached hydrogen (secondary N) is 1. The van der Waals surface area contributed by atoms with E-state index in [4.69, 9.17) is 16.3 Å². The van der Waals surface area contributed by atoms with Gasteiger partial charge in [-0.25, -0.2) is 15.1 Å². The molecule has 0 aliphatic carbocycles. The van der Waals surface area contributed by atoms with E-state index < -0.39 is 41.2 Å². The van der Waals surface area contributed by atoms with Crippen molar-refractivity contribution >= 4 is 29.3 Å². The highest BCUT2D eigenvalue weighted by Gasteiger charge is 2.39. The lowest BCUT2D eigenvalue weighted by molar-refractivity contribution is -0.139. The largest absolute Gasteiger partial charge is 0.488 e. The van der Waals surface area contributed by atoms with Gasteiger partial charge in [-0.2, -0.15) is 31.4 Å². The van der Waals surface area contributed by atoms with Crippen molar-refractivity contribution in [2.75, 3.05) is 42.5 Å². The molecular formula is C27H26ClF6N7O3. The molecule has 0 radical (unpaired) electrons. The monoisotopic (exact) mass is 645 g/mol. The summed E-state index contributed by atoms with van der Waals surface area (Å²) in [5.74, 6) is 0.308. The molecule has 3 aromatic rings. The number of anilines is 2. The molecule has 5 rings (SSSR count). The average Bonchev–Trinajstić information content (AvgIpc) is 3.37. The molecule has 2 saturated heterocycles. The van der Waals surface area contributed by atoms with E-state index in [1.807, 2.05) is 5.10 Å². The highest BCUT2D eigenvalue weighted by molar-refractivity contribution is 6.30. The fraction of sp³-hybridized carbons (Fsp3) is 0.444. The summed E-state index contributed by atoms with van der Waals surface area (Å²) in [6, 6.07) is 6.93. The van der Waals surface area contributed by atoms with E-state index in [9.17, 15) is 35.9 Å². The molecule has 1 amide bonds. The Bertz CT molecular complexity index is 1530. The van der Waals surface area contributed by atoms with Crippen molar-refractivity contribution < 1.29 is 35.9 Å². The normalized spacial score (nSPS) is 19.4. The maximum Gasteiger partial charge on any atom is 0.421 e. The second-order valence-corrected chi connectivity index (χ2v) is 10.8. The van der Waals surface area contributed by atoms with Crippen molar-refractivity contribution in [1.29, 1.82) is 0 Å². The van der Waals surface area contributed by atoms with Crippen LogP contribution in [0.5, 0.6) is 5.75 Å². The number of carbonyl (C=O) groups excluding carboxylic acids is 1. The zero-order valence-electron chi connectivity index (χ0n) is 22.9. The van der Waals surface area contributed by atoms with Gasteiger partial charge in [-0.05, 0) is 24.6 Å². The lowest BCUT2D eigenvalue weighted by Crippen LogP contribution is -2.49. The van der Waals surface area contributed by atoms with Crippen LogP contribution in [-0.2, 0) is 17.1 Å². The summed E-state index contributed by atoms with van der Waals surface area (Å²) < 4.78 is 84.9. The number of ether oxygens (including phenoxy) is 1. The van der Waals surface area contributed by atoms with Crippen molar-refractivity contribution in [3.05, 3.63) is 69.2 Å². The van der Waals surface area contributed by atoms with Crippen LogP contribution in [0.3, 0.4) is 0 Å². The zero-order valence-corrected chi connectivity index (χ0v) is 23.7. The maximum absolute atomic E-state index is 13.5. The fourth-order valence-corrected chi connectivity index (χ4v) is 5.41. The molecule has 1 N–H and O–H groups in total. The number of H-pyrrole nitrogens is 1. The molecule has 17 heteroatoms. The Kier molecular flexibility index (Phi) is 8.90. The molecule has 2 aromatic heterocycles. The number of halogens is 7. The molecule has 2 aliphatic heterocycles. The maximum atomic E-state index is 13.5. The predicted octanol–water partition coefficient (Wildman–Crippen LogP) is 4.41. The topological polar surface area (TPSA) is 108 Å². The smallest absolute Gasteiger partial charge is 0.421 e. The molecule has 0 unspecified atom stereocenters. The van der Waals surface area contributed by atoms with Crippen LogP contribution in [0.1, 0.15) is 30.4 Å². The summed E-state index contributed by atoms with van der Waals surface area (Å²) in [6.07, 6.45) is -7.79. The van der Waals surface area contributed by atoms with Gasteiger partial charge in [0.25, 0.3) is 5.56 Å². The van der Waals surface area contributed by atoms with Gasteiger partial charge in [-0.15, -0.1) is 0 Å². The SMILES string of the molecule is O=C(CC[C@@H]1C[C@@H](Oc2cccc(Cl)c2)CN1c1cc(C(F)(F)F)c(=O)[nH]n1)N1CCN(c2ncc(C(F)(F)F)cn2)CC1. The molecule has 2 atom stereocenters. The molecule has 0 bridgehead atoms. The Morgan fingerprint density at radius 3 is 2.36 bits per heavy atom. The van der Waals surface area contributed by atoms with E-state index in [1.165, 1.54) is 0 Å². The number of aromatic nitrogens is 4. The van der Waals surface area contributed by atoms with Crippen LogP contribution in [-0.4, -0.2) is 75.8 Å². The zero-order chi connectivity index (χ0) is 31.6. The molecule has 44 heavy (non-hydrogen) atoms. The minimum atomic E-state index is -4.89. The molecule has 0 spiro atoms. The van der Waals surface area contributed by atoms with Crippen molar-refractivity contribution in [3.8, 4) is 5.75 Å². The summed E-state index contributed by atoms with van der Waals surface area (Å²) in [5.41, 5.74) is -3.70. The second kappa shape index (κ2) is 12.5.